The zero-order valence-corrected chi connectivity index (χ0v) is 8.53. The SMILES string of the molecule is COc1cc(C(F)F)c(OC)c(C(=O)O)n1. The Hall–Kier alpha value is -1.92. The van der Waals surface area contributed by atoms with Gasteiger partial charge in [0.25, 0.3) is 6.43 Å². The van der Waals surface area contributed by atoms with Crippen LogP contribution in [0, 0.1) is 0 Å². The van der Waals surface area contributed by atoms with Gasteiger partial charge in [-0.3, -0.25) is 0 Å². The molecule has 0 aliphatic carbocycles. The molecule has 1 heterocycles. The number of methoxy groups -OCH3 is 2. The maximum absolute atomic E-state index is 12.6. The lowest BCUT2D eigenvalue weighted by molar-refractivity contribution is 0.0684. The molecule has 0 aliphatic rings. The van der Waals surface area contributed by atoms with Crippen LogP contribution in [-0.2, 0) is 0 Å². The van der Waals surface area contributed by atoms with E-state index in [1.807, 2.05) is 0 Å². The Balaban J connectivity index is 3.46. The Morgan fingerprint density at radius 3 is 2.44 bits per heavy atom. The largest absolute Gasteiger partial charge is 0.494 e. The summed E-state index contributed by atoms with van der Waals surface area (Å²) in [6, 6.07) is 0.940. The number of pyridine rings is 1. The van der Waals surface area contributed by atoms with E-state index in [0.29, 0.717) is 0 Å². The van der Waals surface area contributed by atoms with Gasteiger partial charge in [-0.1, -0.05) is 0 Å². The Morgan fingerprint density at radius 2 is 2.06 bits per heavy atom. The lowest BCUT2D eigenvalue weighted by Gasteiger charge is -2.11. The highest BCUT2D eigenvalue weighted by Crippen LogP contribution is 2.33. The van der Waals surface area contributed by atoms with Gasteiger partial charge in [0.1, 0.15) is 0 Å². The van der Waals surface area contributed by atoms with E-state index in [1.54, 1.807) is 0 Å². The van der Waals surface area contributed by atoms with Crippen molar-refractivity contribution >= 4 is 5.97 Å². The van der Waals surface area contributed by atoms with Crippen LogP contribution in [0.4, 0.5) is 8.78 Å². The van der Waals surface area contributed by atoms with Crippen LogP contribution in [0.2, 0.25) is 0 Å². The van der Waals surface area contributed by atoms with Crippen molar-refractivity contribution in [2.75, 3.05) is 14.2 Å². The number of ether oxygens (including phenoxy) is 2. The van der Waals surface area contributed by atoms with Crippen LogP contribution < -0.4 is 9.47 Å². The Labute approximate surface area is 89.6 Å². The topological polar surface area (TPSA) is 68.7 Å². The molecule has 0 aromatic carbocycles. The van der Waals surface area contributed by atoms with E-state index in [4.69, 9.17) is 5.11 Å². The molecular weight excluding hydrogens is 224 g/mol. The van der Waals surface area contributed by atoms with E-state index >= 15 is 0 Å². The van der Waals surface area contributed by atoms with Crippen molar-refractivity contribution < 1.29 is 28.2 Å². The molecule has 88 valence electrons. The number of carbonyl (C=O) groups is 1. The fourth-order valence-corrected chi connectivity index (χ4v) is 1.15. The number of nitrogens with zero attached hydrogens (tertiary/aromatic N) is 1. The first-order valence-corrected chi connectivity index (χ1v) is 4.15. The summed E-state index contributed by atoms with van der Waals surface area (Å²) in [6.45, 7) is 0. The van der Waals surface area contributed by atoms with Gasteiger partial charge in [0.15, 0.2) is 11.4 Å². The molecule has 16 heavy (non-hydrogen) atoms. The minimum absolute atomic E-state index is 0.200. The number of hydrogen-bond acceptors (Lipinski definition) is 4. The molecule has 1 N–H and O–H groups in total. The number of carboxylic acids is 1. The highest BCUT2D eigenvalue weighted by atomic mass is 19.3. The summed E-state index contributed by atoms with van der Waals surface area (Å²) in [4.78, 5) is 14.3. The van der Waals surface area contributed by atoms with Crippen molar-refractivity contribution in [3.05, 3.63) is 17.3 Å². The predicted molar refractivity (Wildman–Crippen MR) is 49.3 cm³/mol. The van der Waals surface area contributed by atoms with Gasteiger partial charge in [-0.25, -0.2) is 18.6 Å². The van der Waals surface area contributed by atoms with E-state index in [1.165, 1.54) is 7.11 Å². The number of aromatic carboxylic acids is 1. The molecule has 5 nitrogen and oxygen atoms in total. The van der Waals surface area contributed by atoms with Gasteiger partial charge in [-0.05, 0) is 0 Å². The summed E-state index contributed by atoms with van der Waals surface area (Å²) < 4.78 is 34.5. The molecule has 0 bridgehead atoms. The fraction of sp³-hybridized carbons (Fsp3) is 0.333. The maximum atomic E-state index is 12.6. The van der Waals surface area contributed by atoms with Crippen LogP contribution in [0.15, 0.2) is 6.07 Å². The lowest BCUT2D eigenvalue weighted by Crippen LogP contribution is -2.08. The lowest BCUT2D eigenvalue weighted by atomic mass is 10.2. The van der Waals surface area contributed by atoms with E-state index in [9.17, 15) is 13.6 Å². The minimum Gasteiger partial charge on any atom is -0.494 e. The van der Waals surface area contributed by atoms with Crippen LogP contribution in [0.25, 0.3) is 0 Å². The standard InChI is InChI=1S/C9H9F2NO4/c1-15-5-3-4(8(10)11)7(16-2)6(12-5)9(13)14/h3,8H,1-2H3,(H,13,14). The monoisotopic (exact) mass is 233 g/mol. The van der Waals surface area contributed by atoms with Crippen molar-refractivity contribution in [2.24, 2.45) is 0 Å². The molecule has 7 heteroatoms. The molecule has 1 rings (SSSR count). The van der Waals surface area contributed by atoms with Gasteiger partial charge in [-0.15, -0.1) is 0 Å². The number of alkyl halides is 2. The summed E-state index contributed by atoms with van der Waals surface area (Å²) >= 11 is 0. The third-order valence-electron chi connectivity index (χ3n) is 1.83. The van der Waals surface area contributed by atoms with Crippen LogP contribution >= 0.6 is 0 Å². The third-order valence-corrected chi connectivity index (χ3v) is 1.83. The van der Waals surface area contributed by atoms with E-state index in [0.717, 1.165) is 13.2 Å². The summed E-state index contributed by atoms with van der Waals surface area (Å²) in [5.41, 5.74) is -1.16. The van der Waals surface area contributed by atoms with Crippen molar-refractivity contribution in [2.45, 2.75) is 6.43 Å². The average Bonchev–Trinajstić information content (AvgIpc) is 2.26. The molecule has 0 radical (unpaired) electrons. The number of carboxylic acid groups (broad SMARTS) is 1. The van der Waals surface area contributed by atoms with Crippen molar-refractivity contribution in [1.29, 1.82) is 0 Å². The van der Waals surface area contributed by atoms with Gasteiger partial charge in [0.05, 0.1) is 19.8 Å². The number of hydrogen-bond donors (Lipinski definition) is 1. The fourth-order valence-electron chi connectivity index (χ4n) is 1.15. The normalized spacial score (nSPS) is 10.3. The highest BCUT2D eigenvalue weighted by Gasteiger charge is 2.24. The van der Waals surface area contributed by atoms with Crippen molar-refractivity contribution in [3.8, 4) is 11.6 Å². The van der Waals surface area contributed by atoms with Gasteiger partial charge in [-0.2, -0.15) is 0 Å². The first kappa shape index (κ1) is 12.2. The molecular formula is C9H9F2NO4. The van der Waals surface area contributed by atoms with E-state index in [2.05, 4.69) is 14.5 Å². The quantitative estimate of drug-likeness (QED) is 0.857. The second-order valence-corrected chi connectivity index (χ2v) is 2.74. The molecule has 0 atom stereocenters. The minimum atomic E-state index is -2.87. The number of rotatable bonds is 4. The smallest absolute Gasteiger partial charge is 0.358 e. The van der Waals surface area contributed by atoms with E-state index in [-0.39, 0.29) is 5.88 Å². The van der Waals surface area contributed by atoms with Crippen LogP contribution in [0.3, 0.4) is 0 Å². The molecule has 1 aromatic heterocycles. The average molecular weight is 233 g/mol. The summed E-state index contributed by atoms with van der Waals surface area (Å²) in [7, 11) is 2.30. The molecule has 0 spiro atoms. The molecule has 0 unspecified atom stereocenters. The zero-order valence-electron chi connectivity index (χ0n) is 8.53. The highest BCUT2D eigenvalue weighted by molar-refractivity contribution is 5.89. The second kappa shape index (κ2) is 4.73. The first-order valence-electron chi connectivity index (χ1n) is 4.15. The van der Waals surface area contributed by atoms with Gasteiger partial charge in [0, 0.05) is 6.07 Å². The van der Waals surface area contributed by atoms with Gasteiger partial charge in [0.2, 0.25) is 5.88 Å². The summed E-state index contributed by atoms with van der Waals surface area (Å²) in [5.74, 6) is -2.12. The molecule has 0 saturated carbocycles. The van der Waals surface area contributed by atoms with Crippen LogP contribution in [-0.4, -0.2) is 30.3 Å². The number of aromatic nitrogens is 1. The summed E-state index contributed by atoms with van der Waals surface area (Å²) in [5, 5.41) is 8.78. The van der Waals surface area contributed by atoms with Crippen LogP contribution in [0.1, 0.15) is 22.5 Å². The Bertz CT molecular complexity index is 409. The molecule has 0 aliphatic heterocycles. The van der Waals surface area contributed by atoms with Gasteiger partial charge < -0.3 is 14.6 Å². The van der Waals surface area contributed by atoms with Gasteiger partial charge >= 0.3 is 5.97 Å². The molecule has 0 amide bonds. The molecule has 0 fully saturated rings. The van der Waals surface area contributed by atoms with E-state index < -0.39 is 29.4 Å². The first-order chi connectivity index (χ1) is 7.51. The van der Waals surface area contributed by atoms with Crippen molar-refractivity contribution in [3.63, 3.8) is 0 Å². The maximum Gasteiger partial charge on any atom is 0.358 e. The second-order valence-electron chi connectivity index (χ2n) is 2.74. The van der Waals surface area contributed by atoms with Crippen LogP contribution in [0.5, 0.6) is 11.6 Å². The van der Waals surface area contributed by atoms with Crippen molar-refractivity contribution in [1.82, 2.24) is 4.98 Å². The number of halogens is 2. The molecule has 1 aromatic rings. The Kier molecular flexibility index (Phi) is 3.60. The summed E-state index contributed by atoms with van der Waals surface area (Å²) in [6.07, 6.45) is -2.87. The Morgan fingerprint density at radius 1 is 1.44 bits per heavy atom. The third kappa shape index (κ3) is 2.18. The molecule has 0 saturated heterocycles. The zero-order chi connectivity index (χ0) is 12.3. The predicted octanol–water partition coefficient (Wildman–Crippen LogP) is 1.73.